The summed E-state index contributed by atoms with van der Waals surface area (Å²) in [5, 5.41) is 0. The zero-order chi connectivity index (χ0) is 15.3. The van der Waals surface area contributed by atoms with Crippen molar-refractivity contribution < 1.29 is 13.7 Å². The third-order valence-electron chi connectivity index (χ3n) is 5.16. The standard InChI is InChI=1S/C16H23BFNO2/c1-15(2)16(3,4)21-17(20-15)13-9-12(10-14(18)19-13)11-7-5-6-8-11/h9-11H,5-8H2,1-4H3. The molecule has 1 aliphatic heterocycles. The van der Waals surface area contributed by atoms with E-state index in [0.29, 0.717) is 11.5 Å². The van der Waals surface area contributed by atoms with E-state index < -0.39 is 24.3 Å². The molecule has 0 unspecified atom stereocenters. The molecule has 0 spiro atoms. The highest BCUT2D eigenvalue weighted by Crippen LogP contribution is 2.37. The normalized spacial score (nSPS) is 24.7. The number of hydrogen-bond acceptors (Lipinski definition) is 3. The predicted molar refractivity (Wildman–Crippen MR) is 81.1 cm³/mol. The van der Waals surface area contributed by atoms with Gasteiger partial charge in [-0.2, -0.15) is 4.39 Å². The molecule has 2 heterocycles. The van der Waals surface area contributed by atoms with E-state index in [1.165, 1.54) is 12.8 Å². The molecule has 0 atom stereocenters. The van der Waals surface area contributed by atoms with Gasteiger partial charge in [-0.05, 0) is 64.2 Å². The van der Waals surface area contributed by atoms with Crippen molar-refractivity contribution in [1.82, 2.24) is 4.98 Å². The minimum Gasteiger partial charge on any atom is -0.398 e. The summed E-state index contributed by atoms with van der Waals surface area (Å²) in [6.45, 7) is 7.96. The first kappa shape index (κ1) is 15.0. The number of aromatic nitrogens is 1. The van der Waals surface area contributed by atoms with Gasteiger partial charge in [0.25, 0.3) is 0 Å². The van der Waals surface area contributed by atoms with Crippen molar-refractivity contribution in [3.05, 3.63) is 23.6 Å². The van der Waals surface area contributed by atoms with Gasteiger partial charge < -0.3 is 9.31 Å². The monoisotopic (exact) mass is 291 g/mol. The number of hydrogen-bond donors (Lipinski definition) is 0. The van der Waals surface area contributed by atoms with Crippen molar-refractivity contribution in [2.75, 3.05) is 0 Å². The smallest absolute Gasteiger partial charge is 0.398 e. The zero-order valence-electron chi connectivity index (χ0n) is 13.3. The molecule has 0 radical (unpaired) electrons. The Morgan fingerprint density at radius 3 is 2.24 bits per heavy atom. The molecule has 1 saturated heterocycles. The highest BCUT2D eigenvalue weighted by Gasteiger charge is 2.52. The summed E-state index contributed by atoms with van der Waals surface area (Å²) in [6, 6.07) is 3.52. The fraction of sp³-hybridized carbons (Fsp3) is 0.688. The predicted octanol–water partition coefficient (Wildman–Crippen LogP) is 3.18. The van der Waals surface area contributed by atoms with Crippen molar-refractivity contribution in [3.63, 3.8) is 0 Å². The second-order valence-corrected chi connectivity index (χ2v) is 7.22. The molecule has 0 aromatic carbocycles. The molecule has 3 nitrogen and oxygen atoms in total. The van der Waals surface area contributed by atoms with Gasteiger partial charge in [0.1, 0.15) is 0 Å². The third kappa shape index (κ3) is 2.73. The van der Waals surface area contributed by atoms with Crippen LogP contribution in [0.3, 0.4) is 0 Å². The van der Waals surface area contributed by atoms with E-state index in [1.807, 2.05) is 33.8 Å². The second-order valence-electron chi connectivity index (χ2n) is 7.22. The van der Waals surface area contributed by atoms with E-state index in [-0.39, 0.29) is 0 Å². The second kappa shape index (κ2) is 5.06. The van der Waals surface area contributed by atoms with E-state index in [0.717, 1.165) is 18.4 Å². The van der Waals surface area contributed by atoms with E-state index in [9.17, 15) is 4.39 Å². The SMILES string of the molecule is CC1(C)OB(c2cc(C3CCCC3)cc(F)n2)OC1(C)C. The summed E-state index contributed by atoms with van der Waals surface area (Å²) in [4.78, 5) is 4.00. The average molecular weight is 291 g/mol. The molecule has 5 heteroatoms. The highest BCUT2D eigenvalue weighted by molar-refractivity contribution is 6.61. The topological polar surface area (TPSA) is 31.4 Å². The van der Waals surface area contributed by atoms with Gasteiger partial charge in [-0.1, -0.05) is 12.8 Å². The molecule has 1 aromatic heterocycles. The van der Waals surface area contributed by atoms with Gasteiger partial charge in [-0.15, -0.1) is 0 Å². The molecule has 2 aliphatic rings. The first-order chi connectivity index (χ1) is 9.78. The molecular formula is C16H23BFNO2. The lowest BCUT2D eigenvalue weighted by atomic mass is 9.82. The number of pyridine rings is 1. The molecule has 1 saturated carbocycles. The van der Waals surface area contributed by atoms with Crippen molar-refractivity contribution >= 4 is 12.7 Å². The molecule has 21 heavy (non-hydrogen) atoms. The molecule has 0 amide bonds. The van der Waals surface area contributed by atoms with Gasteiger partial charge in [0.2, 0.25) is 5.95 Å². The molecule has 1 aromatic rings. The van der Waals surface area contributed by atoms with Crippen LogP contribution in [-0.4, -0.2) is 23.3 Å². The van der Waals surface area contributed by atoms with Gasteiger partial charge in [0.15, 0.2) is 0 Å². The average Bonchev–Trinajstić information content (AvgIpc) is 2.96. The van der Waals surface area contributed by atoms with Crippen molar-refractivity contribution in [2.45, 2.75) is 70.5 Å². The van der Waals surface area contributed by atoms with Crippen LogP contribution < -0.4 is 5.59 Å². The Kier molecular flexibility index (Phi) is 3.61. The summed E-state index contributed by atoms with van der Waals surface area (Å²) < 4.78 is 25.8. The first-order valence-corrected chi connectivity index (χ1v) is 7.81. The molecule has 0 bridgehead atoms. The van der Waals surface area contributed by atoms with Crippen LogP contribution in [-0.2, 0) is 9.31 Å². The molecular weight excluding hydrogens is 268 g/mol. The number of rotatable bonds is 2. The molecule has 0 N–H and O–H groups in total. The third-order valence-corrected chi connectivity index (χ3v) is 5.16. The Morgan fingerprint density at radius 2 is 1.67 bits per heavy atom. The first-order valence-electron chi connectivity index (χ1n) is 7.81. The van der Waals surface area contributed by atoms with Crippen LogP contribution in [0.5, 0.6) is 0 Å². The Labute approximate surface area is 126 Å². The Hall–Kier alpha value is -0.935. The summed E-state index contributed by atoms with van der Waals surface area (Å²) in [5.41, 5.74) is 0.721. The molecule has 3 rings (SSSR count). The molecule has 1 aliphatic carbocycles. The van der Waals surface area contributed by atoms with Crippen LogP contribution in [0.2, 0.25) is 0 Å². The van der Waals surface area contributed by atoms with Gasteiger partial charge in [-0.3, -0.25) is 0 Å². The molecule has 114 valence electrons. The van der Waals surface area contributed by atoms with E-state index in [4.69, 9.17) is 9.31 Å². The van der Waals surface area contributed by atoms with Crippen molar-refractivity contribution in [1.29, 1.82) is 0 Å². The maximum atomic E-state index is 13.9. The van der Waals surface area contributed by atoms with E-state index >= 15 is 0 Å². The summed E-state index contributed by atoms with van der Waals surface area (Å²) >= 11 is 0. The maximum Gasteiger partial charge on any atom is 0.514 e. The van der Waals surface area contributed by atoms with Crippen LogP contribution in [0.1, 0.15) is 64.9 Å². The van der Waals surface area contributed by atoms with Crippen LogP contribution in [0.4, 0.5) is 4.39 Å². The fourth-order valence-corrected chi connectivity index (χ4v) is 3.12. The van der Waals surface area contributed by atoms with Crippen LogP contribution in [0, 0.1) is 5.95 Å². The van der Waals surface area contributed by atoms with Crippen LogP contribution in [0.15, 0.2) is 12.1 Å². The Morgan fingerprint density at radius 1 is 1.10 bits per heavy atom. The lowest BCUT2D eigenvalue weighted by Crippen LogP contribution is -2.41. The Balaban J connectivity index is 1.89. The lowest BCUT2D eigenvalue weighted by Gasteiger charge is -2.32. The van der Waals surface area contributed by atoms with Gasteiger partial charge in [-0.25, -0.2) is 4.98 Å². The van der Waals surface area contributed by atoms with E-state index in [1.54, 1.807) is 6.07 Å². The Bertz CT molecular complexity index is 525. The quantitative estimate of drug-likeness (QED) is 0.619. The summed E-state index contributed by atoms with van der Waals surface area (Å²) in [6.07, 6.45) is 4.71. The minimum atomic E-state index is -0.592. The molecule has 2 fully saturated rings. The fourth-order valence-electron chi connectivity index (χ4n) is 3.12. The van der Waals surface area contributed by atoms with Crippen molar-refractivity contribution in [3.8, 4) is 0 Å². The van der Waals surface area contributed by atoms with Crippen molar-refractivity contribution in [2.24, 2.45) is 0 Å². The maximum absolute atomic E-state index is 13.9. The van der Waals surface area contributed by atoms with Gasteiger partial charge in [0, 0.05) is 0 Å². The number of halogens is 1. The largest absolute Gasteiger partial charge is 0.514 e. The van der Waals surface area contributed by atoms with Gasteiger partial charge >= 0.3 is 7.12 Å². The highest BCUT2D eigenvalue weighted by atomic mass is 19.1. The van der Waals surface area contributed by atoms with Crippen LogP contribution in [0.25, 0.3) is 0 Å². The lowest BCUT2D eigenvalue weighted by molar-refractivity contribution is 0.00578. The van der Waals surface area contributed by atoms with Gasteiger partial charge in [0.05, 0.1) is 16.8 Å². The minimum absolute atomic E-state index is 0.431. The van der Waals surface area contributed by atoms with E-state index in [2.05, 4.69) is 4.98 Å². The number of nitrogens with zero attached hydrogens (tertiary/aromatic N) is 1. The summed E-state index contributed by atoms with van der Waals surface area (Å²) in [5.74, 6) is 0.00721. The zero-order valence-corrected chi connectivity index (χ0v) is 13.3. The summed E-state index contributed by atoms with van der Waals surface area (Å²) in [7, 11) is -0.592. The van der Waals surface area contributed by atoms with Crippen LogP contribution >= 0.6 is 0 Å².